The van der Waals surface area contributed by atoms with Gasteiger partial charge in [0.25, 0.3) is 5.91 Å². The molecule has 1 N–H and O–H groups in total. The van der Waals surface area contributed by atoms with Gasteiger partial charge in [0, 0.05) is 51.7 Å². The molecule has 3 heterocycles. The number of piperazine rings is 1. The van der Waals surface area contributed by atoms with Gasteiger partial charge in [0.05, 0.1) is 12.8 Å². The fourth-order valence-electron chi connectivity index (χ4n) is 2.54. The molecule has 1 unspecified atom stereocenters. The number of aromatic nitrogens is 2. The zero-order valence-corrected chi connectivity index (χ0v) is 11.4. The quantitative estimate of drug-likeness (QED) is 0.756. The molecule has 2 aliphatic heterocycles. The van der Waals surface area contributed by atoms with Crippen LogP contribution in [0.1, 0.15) is 0 Å². The van der Waals surface area contributed by atoms with Gasteiger partial charge in [-0.1, -0.05) is 0 Å². The van der Waals surface area contributed by atoms with Crippen LogP contribution in [0.3, 0.4) is 0 Å². The van der Waals surface area contributed by atoms with Crippen molar-refractivity contribution in [3.63, 3.8) is 0 Å². The first kappa shape index (κ1) is 13.3. The van der Waals surface area contributed by atoms with Crippen LogP contribution in [0.25, 0.3) is 0 Å². The first-order chi connectivity index (χ1) is 9.84. The molecule has 2 saturated heterocycles. The van der Waals surface area contributed by atoms with Crippen LogP contribution in [-0.4, -0.2) is 72.8 Å². The smallest absolute Gasteiger partial charge is 0.253 e. The summed E-state index contributed by atoms with van der Waals surface area (Å²) in [5.74, 6) is 0.964. The summed E-state index contributed by atoms with van der Waals surface area (Å²) in [6.07, 6.45) is 4.78. The second-order valence-corrected chi connectivity index (χ2v) is 4.94. The van der Waals surface area contributed by atoms with E-state index in [0.29, 0.717) is 26.2 Å². The minimum absolute atomic E-state index is 0.0935. The lowest BCUT2D eigenvalue weighted by Gasteiger charge is -2.37. The van der Waals surface area contributed by atoms with Crippen LogP contribution in [-0.2, 0) is 9.53 Å². The maximum atomic E-state index is 12.3. The molecular weight excluding hydrogens is 258 g/mol. The normalized spacial score (nSPS) is 23.7. The first-order valence-electron chi connectivity index (χ1n) is 6.96. The van der Waals surface area contributed by atoms with Crippen molar-refractivity contribution in [2.75, 3.05) is 50.8 Å². The minimum Gasteiger partial charge on any atom is -0.366 e. The maximum Gasteiger partial charge on any atom is 0.253 e. The van der Waals surface area contributed by atoms with E-state index in [2.05, 4.69) is 20.2 Å². The Kier molecular flexibility index (Phi) is 4.08. The molecule has 7 heteroatoms. The highest BCUT2D eigenvalue weighted by molar-refractivity contribution is 5.81. The molecule has 108 valence electrons. The van der Waals surface area contributed by atoms with Crippen molar-refractivity contribution in [3.05, 3.63) is 18.6 Å². The highest BCUT2D eigenvalue weighted by Crippen LogP contribution is 2.13. The molecule has 1 amide bonds. The molecule has 0 bridgehead atoms. The number of carbonyl (C=O) groups excluding carboxylic acids is 1. The Morgan fingerprint density at radius 2 is 2.15 bits per heavy atom. The monoisotopic (exact) mass is 277 g/mol. The molecule has 1 aromatic rings. The summed E-state index contributed by atoms with van der Waals surface area (Å²) in [7, 11) is 0. The fourth-order valence-corrected chi connectivity index (χ4v) is 2.54. The van der Waals surface area contributed by atoms with E-state index in [1.165, 1.54) is 0 Å². The topological polar surface area (TPSA) is 70.6 Å². The Morgan fingerprint density at radius 3 is 2.80 bits per heavy atom. The van der Waals surface area contributed by atoms with E-state index < -0.39 is 0 Å². The number of ether oxygens (including phenoxy) is 1. The van der Waals surface area contributed by atoms with Crippen molar-refractivity contribution >= 4 is 11.7 Å². The second kappa shape index (κ2) is 6.15. The number of morpholine rings is 1. The summed E-state index contributed by atoms with van der Waals surface area (Å²) in [5, 5.41) is 3.19. The van der Waals surface area contributed by atoms with Gasteiger partial charge in [0.2, 0.25) is 0 Å². The van der Waals surface area contributed by atoms with Crippen molar-refractivity contribution < 1.29 is 9.53 Å². The standard InChI is InChI=1S/C13H19N5O2/c19-13(11-9-15-3-8-20-11)18-6-4-17(5-7-18)12-10-14-1-2-16-12/h1-2,10-11,15H,3-9H2. The molecule has 1 atom stereocenters. The zero-order chi connectivity index (χ0) is 13.8. The number of nitrogens with one attached hydrogen (secondary N) is 1. The fraction of sp³-hybridized carbons (Fsp3) is 0.615. The van der Waals surface area contributed by atoms with Crippen molar-refractivity contribution in [1.82, 2.24) is 20.2 Å². The van der Waals surface area contributed by atoms with E-state index in [1.54, 1.807) is 18.6 Å². The molecule has 2 fully saturated rings. The lowest BCUT2D eigenvalue weighted by molar-refractivity contribution is -0.145. The van der Waals surface area contributed by atoms with Gasteiger partial charge in [-0.05, 0) is 0 Å². The molecule has 0 spiro atoms. The van der Waals surface area contributed by atoms with Crippen molar-refractivity contribution in [3.8, 4) is 0 Å². The van der Waals surface area contributed by atoms with E-state index in [-0.39, 0.29) is 12.0 Å². The molecular formula is C13H19N5O2. The summed E-state index contributed by atoms with van der Waals surface area (Å²) >= 11 is 0. The lowest BCUT2D eigenvalue weighted by atomic mass is 10.2. The molecule has 0 aromatic carbocycles. The summed E-state index contributed by atoms with van der Waals surface area (Å²) in [5.41, 5.74) is 0. The molecule has 0 saturated carbocycles. The molecule has 3 rings (SSSR count). The highest BCUT2D eigenvalue weighted by atomic mass is 16.5. The lowest BCUT2D eigenvalue weighted by Crippen LogP contribution is -2.55. The van der Waals surface area contributed by atoms with Crippen LogP contribution in [0.5, 0.6) is 0 Å². The van der Waals surface area contributed by atoms with Crippen molar-refractivity contribution in [2.45, 2.75) is 6.10 Å². The average molecular weight is 277 g/mol. The number of hydrogen-bond donors (Lipinski definition) is 1. The van der Waals surface area contributed by atoms with Gasteiger partial charge in [-0.25, -0.2) is 4.98 Å². The second-order valence-electron chi connectivity index (χ2n) is 4.94. The largest absolute Gasteiger partial charge is 0.366 e. The minimum atomic E-state index is -0.327. The molecule has 20 heavy (non-hydrogen) atoms. The van der Waals surface area contributed by atoms with Gasteiger partial charge in [0.15, 0.2) is 0 Å². The predicted octanol–water partition coefficient (Wildman–Crippen LogP) is -0.886. The maximum absolute atomic E-state index is 12.3. The Bertz CT molecular complexity index is 441. The SMILES string of the molecule is O=C(C1CNCCO1)N1CCN(c2cnccn2)CC1. The molecule has 7 nitrogen and oxygen atoms in total. The van der Waals surface area contributed by atoms with Gasteiger partial charge < -0.3 is 19.9 Å². The summed E-state index contributed by atoms with van der Waals surface area (Å²) in [6.45, 7) is 5.02. The van der Waals surface area contributed by atoms with E-state index in [1.807, 2.05) is 4.90 Å². The third-order valence-electron chi connectivity index (χ3n) is 3.67. The van der Waals surface area contributed by atoms with Gasteiger partial charge in [-0.2, -0.15) is 0 Å². The Morgan fingerprint density at radius 1 is 1.30 bits per heavy atom. The van der Waals surface area contributed by atoms with Crippen LogP contribution >= 0.6 is 0 Å². The highest BCUT2D eigenvalue weighted by Gasteiger charge is 2.29. The number of nitrogens with zero attached hydrogens (tertiary/aromatic N) is 4. The Hall–Kier alpha value is -1.73. The molecule has 0 aliphatic carbocycles. The van der Waals surface area contributed by atoms with Gasteiger partial charge >= 0.3 is 0 Å². The number of rotatable bonds is 2. The van der Waals surface area contributed by atoms with Crippen LogP contribution in [0.15, 0.2) is 18.6 Å². The summed E-state index contributed by atoms with van der Waals surface area (Å²) in [6, 6.07) is 0. The summed E-state index contributed by atoms with van der Waals surface area (Å²) < 4.78 is 5.51. The van der Waals surface area contributed by atoms with E-state index in [0.717, 1.165) is 25.5 Å². The van der Waals surface area contributed by atoms with Crippen molar-refractivity contribution in [2.24, 2.45) is 0 Å². The molecule has 1 aromatic heterocycles. The van der Waals surface area contributed by atoms with Crippen LogP contribution in [0.2, 0.25) is 0 Å². The third kappa shape index (κ3) is 2.88. The van der Waals surface area contributed by atoms with Crippen LogP contribution < -0.4 is 10.2 Å². The number of amides is 1. The van der Waals surface area contributed by atoms with Crippen molar-refractivity contribution in [1.29, 1.82) is 0 Å². The Balaban J connectivity index is 1.54. The van der Waals surface area contributed by atoms with Crippen LogP contribution in [0, 0.1) is 0 Å². The average Bonchev–Trinajstić information content (AvgIpc) is 2.56. The van der Waals surface area contributed by atoms with E-state index in [9.17, 15) is 4.79 Å². The van der Waals surface area contributed by atoms with E-state index >= 15 is 0 Å². The summed E-state index contributed by atoms with van der Waals surface area (Å²) in [4.78, 5) is 24.7. The molecule has 0 radical (unpaired) electrons. The Labute approximate surface area is 117 Å². The number of carbonyl (C=O) groups is 1. The number of anilines is 1. The third-order valence-corrected chi connectivity index (χ3v) is 3.67. The van der Waals surface area contributed by atoms with Crippen LogP contribution in [0.4, 0.5) is 5.82 Å². The first-order valence-corrected chi connectivity index (χ1v) is 6.96. The zero-order valence-electron chi connectivity index (χ0n) is 11.4. The predicted molar refractivity (Wildman–Crippen MR) is 73.4 cm³/mol. The van der Waals surface area contributed by atoms with E-state index in [4.69, 9.17) is 4.74 Å². The molecule has 2 aliphatic rings. The number of hydrogen-bond acceptors (Lipinski definition) is 6. The van der Waals surface area contributed by atoms with Gasteiger partial charge in [-0.15, -0.1) is 0 Å². The van der Waals surface area contributed by atoms with Gasteiger partial charge in [0.1, 0.15) is 11.9 Å². The van der Waals surface area contributed by atoms with Gasteiger partial charge in [-0.3, -0.25) is 9.78 Å².